The maximum Gasteiger partial charge on any atom is 0.237 e. The van der Waals surface area contributed by atoms with Gasteiger partial charge >= 0.3 is 0 Å². The van der Waals surface area contributed by atoms with Gasteiger partial charge in [-0.1, -0.05) is 42.1 Å². The molecule has 1 aliphatic rings. The molecule has 1 atom stereocenters. The van der Waals surface area contributed by atoms with Crippen LogP contribution in [0.5, 0.6) is 11.5 Å². The second-order valence-corrected chi connectivity index (χ2v) is 7.92. The van der Waals surface area contributed by atoms with Crippen LogP contribution in [-0.2, 0) is 11.8 Å². The molecule has 4 rings (SSSR count). The van der Waals surface area contributed by atoms with Crippen molar-refractivity contribution in [2.75, 3.05) is 23.8 Å². The molecule has 0 saturated carbocycles. The zero-order chi connectivity index (χ0) is 21.1. The fourth-order valence-electron chi connectivity index (χ4n) is 3.43. The summed E-state index contributed by atoms with van der Waals surface area (Å²) in [4.78, 5) is 14.7. The summed E-state index contributed by atoms with van der Waals surface area (Å²) < 4.78 is 13.7. The van der Waals surface area contributed by atoms with E-state index in [-0.39, 0.29) is 17.8 Å². The SMILES string of the molecule is CCN(C(=O)CSc1nnc(C2COc3ccccc3O2)n1C)c1ccccc1C. The van der Waals surface area contributed by atoms with Gasteiger partial charge in [0.2, 0.25) is 5.91 Å². The zero-order valence-corrected chi connectivity index (χ0v) is 18.1. The van der Waals surface area contributed by atoms with Crippen molar-refractivity contribution in [3.05, 3.63) is 59.9 Å². The maximum atomic E-state index is 12.9. The fourth-order valence-corrected chi connectivity index (χ4v) is 4.22. The Morgan fingerprint density at radius 3 is 2.67 bits per heavy atom. The fraction of sp³-hybridized carbons (Fsp3) is 0.318. The van der Waals surface area contributed by atoms with E-state index in [2.05, 4.69) is 10.2 Å². The molecule has 0 spiro atoms. The Kier molecular flexibility index (Phi) is 5.94. The number of aromatic nitrogens is 3. The molecule has 8 heteroatoms. The Bertz CT molecular complexity index is 1050. The molecule has 0 bridgehead atoms. The van der Waals surface area contributed by atoms with Gasteiger partial charge in [0.15, 0.2) is 28.6 Å². The minimum absolute atomic E-state index is 0.0347. The number of thioether (sulfide) groups is 1. The van der Waals surface area contributed by atoms with Crippen molar-refractivity contribution in [1.82, 2.24) is 14.8 Å². The van der Waals surface area contributed by atoms with E-state index < -0.39 is 0 Å². The van der Waals surface area contributed by atoms with Crippen molar-refractivity contribution in [1.29, 1.82) is 0 Å². The van der Waals surface area contributed by atoms with Crippen LogP contribution in [0.3, 0.4) is 0 Å². The Labute approximate surface area is 180 Å². The molecule has 30 heavy (non-hydrogen) atoms. The van der Waals surface area contributed by atoms with Gasteiger partial charge in [-0.3, -0.25) is 4.79 Å². The van der Waals surface area contributed by atoms with Crippen molar-refractivity contribution in [3.63, 3.8) is 0 Å². The van der Waals surface area contributed by atoms with E-state index in [9.17, 15) is 4.79 Å². The highest BCUT2D eigenvalue weighted by Gasteiger charge is 2.28. The highest BCUT2D eigenvalue weighted by atomic mass is 32.2. The van der Waals surface area contributed by atoms with Gasteiger partial charge in [0, 0.05) is 19.3 Å². The first kappa shape index (κ1) is 20.3. The summed E-state index contributed by atoms with van der Waals surface area (Å²) in [5.74, 6) is 2.40. The molecule has 0 saturated heterocycles. The molecule has 1 aliphatic heterocycles. The molecule has 0 N–H and O–H groups in total. The first-order valence-electron chi connectivity index (χ1n) is 9.85. The number of carbonyl (C=O) groups excluding carboxylic acids is 1. The molecule has 1 amide bonds. The molecule has 2 heterocycles. The van der Waals surface area contributed by atoms with E-state index in [1.54, 1.807) is 4.90 Å². The average molecular weight is 425 g/mol. The third kappa shape index (κ3) is 4.00. The minimum Gasteiger partial charge on any atom is -0.485 e. The van der Waals surface area contributed by atoms with Crippen LogP contribution in [0.15, 0.2) is 53.7 Å². The van der Waals surface area contributed by atoms with E-state index in [1.807, 2.05) is 74.0 Å². The normalized spacial score (nSPS) is 15.1. The number of ether oxygens (including phenoxy) is 2. The number of benzene rings is 2. The lowest BCUT2D eigenvalue weighted by molar-refractivity contribution is -0.116. The largest absolute Gasteiger partial charge is 0.485 e. The number of aryl methyl sites for hydroxylation is 1. The monoisotopic (exact) mass is 424 g/mol. The average Bonchev–Trinajstić information content (AvgIpc) is 3.14. The van der Waals surface area contributed by atoms with Gasteiger partial charge in [-0.25, -0.2) is 0 Å². The van der Waals surface area contributed by atoms with Crippen LogP contribution in [-0.4, -0.2) is 39.6 Å². The molecule has 3 aromatic rings. The highest BCUT2D eigenvalue weighted by molar-refractivity contribution is 7.99. The van der Waals surface area contributed by atoms with Gasteiger partial charge in [0.05, 0.1) is 5.75 Å². The maximum absolute atomic E-state index is 12.9. The summed E-state index contributed by atoms with van der Waals surface area (Å²) in [7, 11) is 1.88. The standard InChI is InChI=1S/C22H24N4O3S/c1-4-26(16-10-6-5-9-15(16)2)20(27)14-30-22-24-23-21(25(22)3)19-13-28-17-11-7-8-12-18(17)29-19/h5-12,19H,4,13-14H2,1-3H3. The molecule has 2 aromatic carbocycles. The van der Waals surface area contributed by atoms with E-state index in [0.717, 1.165) is 17.0 Å². The number of carbonyl (C=O) groups is 1. The van der Waals surface area contributed by atoms with Crippen LogP contribution in [0.25, 0.3) is 0 Å². The summed E-state index contributed by atoms with van der Waals surface area (Å²) in [6.07, 6.45) is -0.346. The van der Waals surface area contributed by atoms with Crippen LogP contribution in [0, 0.1) is 6.92 Å². The van der Waals surface area contributed by atoms with Gasteiger partial charge in [-0.15, -0.1) is 10.2 Å². The van der Waals surface area contributed by atoms with Crippen molar-refractivity contribution in [3.8, 4) is 11.5 Å². The van der Waals surface area contributed by atoms with E-state index in [1.165, 1.54) is 11.8 Å². The number of fused-ring (bicyclic) bond motifs is 1. The van der Waals surface area contributed by atoms with Crippen LogP contribution in [0.4, 0.5) is 5.69 Å². The molecular formula is C22H24N4O3S. The summed E-state index contributed by atoms with van der Waals surface area (Å²) in [6, 6.07) is 15.5. The quantitative estimate of drug-likeness (QED) is 0.561. The molecule has 1 unspecified atom stereocenters. The number of para-hydroxylation sites is 3. The van der Waals surface area contributed by atoms with Gasteiger partial charge in [0.1, 0.15) is 6.61 Å². The topological polar surface area (TPSA) is 69.5 Å². The second-order valence-electron chi connectivity index (χ2n) is 6.98. The molecule has 0 fully saturated rings. The Balaban J connectivity index is 1.43. The number of hydrogen-bond acceptors (Lipinski definition) is 6. The Hall–Kier alpha value is -3.00. The van der Waals surface area contributed by atoms with E-state index in [4.69, 9.17) is 9.47 Å². The number of nitrogens with zero attached hydrogens (tertiary/aromatic N) is 4. The Morgan fingerprint density at radius 1 is 1.17 bits per heavy atom. The lowest BCUT2D eigenvalue weighted by atomic mass is 10.2. The van der Waals surface area contributed by atoms with E-state index >= 15 is 0 Å². The molecule has 7 nitrogen and oxygen atoms in total. The summed E-state index contributed by atoms with van der Waals surface area (Å²) in [5, 5.41) is 9.22. The molecular weight excluding hydrogens is 400 g/mol. The van der Waals surface area contributed by atoms with Crippen molar-refractivity contribution in [2.45, 2.75) is 25.1 Å². The number of anilines is 1. The van der Waals surface area contributed by atoms with Gasteiger partial charge in [0.25, 0.3) is 0 Å². The van der Waals surface area contributed by atoms with Crippen LogP contribution < -0.4 is 14.4 Å². The molecule has 0 radical (unpaired) electrons. The summed E-state index contributed by atoms with van der Waals surface area (Å²) in [5.41, 5.74) is 2.02. The smallest absolute Gasteiger partial charge is 0.237 e. The van der Waals surface area contributed by atoms with E-state index in [0.29, 0.717) is 29.9 Å². The molecule has 156 valence electrons. The zero-order valence-electron chi connectivity index (χ0n) is 17.2. The van der Waals surface area contributed by atoms with Crippen LogP contribution in [0.1, 0.15) is 24.4 Å². The van der Waals surface area contributed by atoms with Crippen molar-refractivity contribution >= 4 is 23.4 Å². The Morgan fingerprint density at radius 2 is 1.90 bits per heavy atom. The van der Waals surface area contributed by atoms with Crippen LogP contribution >= 0.6 is 11.8 Å². The number of rotatable bonds is 6. The number of amides is 1. The minimum atomic E-state index is -0.346. The first-order chi connectivity index (χ1) is 14.6. The summed E-state index contributed by atoms with van der Waals surface area (Å²) in [6.45, 7) is 4.97. The molecule has 0 aliphatic carbocycles. The van der Waals surface area contributed by atoms with Gasteiger partial charge in [-0.2, -0.15) is 0 Å². The van der Waals surface area contributed by atoms with Gasteiger partial charge in [-0.05, 0) is 37.6 Å². The third-order valence-corrected chi connectivity index (χ3v) is 6.02. The predicted octanol–water partition coefficient (Wildman–Crippen LogP) is 3.78. The predicted molar refractivity (Wildman–Crippen MR) is 116 cm³/mol. The van der Waals surface area contributed by atoms with Gasteiger partial charge < -0.3 is 18.9 Å². The van der Waals surface area contributed by atoms with Crippen molar-refractivity contribution in [2.24, 2.45) is 7.05 Å². The first-order valence-corrected chi connectivity index (χ1v) is 10.8. The molecule has 1 aromatic heterocycles. The third-order valence-electron chi connectivity index (χ3n) is 5.01. The summed E-state index contributed by atoms with van der Waals surface area (Å²) >= 11 is 1.37. The number of hydrogen-bond donors (Lipinski definition) is 0. The second kappa shape index (κ2) is 8.79. The highest BCUT2D eigenvalue weighted by Crippen LogP contribution is 2.35. The van der Waals surface area contributed by atoms with Crippen molar-refractivity contribution < 1.29 is 14.3 Å². The lowest BCUT2D eigenvalue weighted by Crippen LogP contribution is -2.32. The van der Waals surface area contributed by atoms with Crippen LogP contribution in [0.2, 0.25) is 0 Å². The lowest BCUT2D eigenvalue weighted by Gasteiger charge is -2.25.